The lowest BCUT2D eigenvalue weighted by Crippen LogP contribution is -2.41. The number of amides is 1. The van der Waals surface area contributed by atoms with Crippen LogP contribution in [0.1, 0.15) is 17.3 Å². The Bertz CT molecular complexity index is 521. The van der Waals surface area contributed by atoms with Crippen LogP contribution in [0.5, 0.6) is 5.75 Å². The van der Waals surface area contributed by atoms with E-state index in [2.05, 4.69) is 4.74 Å². The molecule has 0 aromatic heterocycles. The number of carbonyl (C=O) groups excluding carboxylic acids is 2. The Hall–Kier alpha value is -1.82. The second kappa shape index (κ2) is 5.88. The van der Waals surface area contributed by atoms with E-state index in [0.717, 1.165) is 11.0 Å². The maximum atomic E-state index is 13.4. The van der Waals surface area contributed by atoms with Crippen molar-refractivity contribution in [2.75, 3.05) is 14.2 Å². The van der Waals surface area contributed by atoms with Crippen LogP contribution in [0.25, 0.3) is 0 Å². The second-order valence-electron chi connectivity index (χ2n) is 3.87. The molecule has 7 heteroatoms. The van der Waals surface area contributed by atoms with E-state index in [1.807, 2.05) is 0 Å². The molecule has 1 atom stereocenters. The zero-order valence-corrected chi connectivity index (χ0v) is 11.4. The largest absolute Gasteiger partial charge is 0.504 e. The third kappa shape index (κ3) is 2.96. The molecule has 0 aliphatic carbocycles. The molecule has 104 valence electrons. The minimum atomic E-state index is -1.08. The first kappa shape index (κ1) is 15.2. The highest BCUT2D eigenvalue weighted by Gasteiger charge is 2.27. The molecule has 0 bridgehead atoms. The molecule has 0 aliphatic rings. The van der Waals surface area contributed by atoms with Crippen molar-refractivity contribution in [1.82, 2.24) is 4.90 Å². The molecule has 0 saturated heterocycles. The molecular formula is C12H13ClFNO4. The van der Waals surface area contributed by atoms with E-state index < -0.39 is 29.5 Å². The van der Waals surface area contributed by atoms with E-state index >= 15 is 0 Å². The number of esters is 1. The summed E-state index contributed by atoms with van der Waals surface area (Å²) in [7, 11) is 2.53. The fourth-order valence-corrected chi connectivity index (χ4v) is 1.56. The Balaban J connectivity index is 3.08. The number of methoxy groups -OCH3 is 1. The summed E-state index contributed by atoms with van der Waals surface area (Å²) in [6.45, 7) is 1.45. The minimum Gasteiger partial charge on any atom is -0.504 e. The van der Waals surface area contributed by atoms with Crippen molar-refractivity contribution in [1.29, 1.82) is 0 Å². The molecule has 0 saturated carbocycles. The van der Waals surface area contributed by atoms with E-state index in [1.54, 1.807) is 0 Å². The highest BCUT2D eigenvalue weighted by Crippen LogP contribution is 2.28. The van der Waals surface area contributed by atoms with Crippen LogP contribution in [0.3, 0.4) is 0 Å². The Morgan fingerprint density at radius 1 is 1.47 bits per heavy atom. The smallest absolute Gasteiger partial charge is 0.328 e. The van der Waals surface area contributed by atoms with Gasteiger partial charge in [0, 0.05) is 7.05 Å². The van der Waals surface area contributed by atoms with E-state index in [1.165, 1.54) is 27.1 Å². The fourth-order valence-electron chi connectivity index (χ4n) is 1.41. The standard InChI is InChI=1S/C12H13ClFNO4/c1-6(12(18)19-3)15(2)11(17)7-4-5-8(13)9(14)10(7)16/h4-6,16H,1-3H3/t6-/m0/s1. The van der Waals surface area contributed by atoms with Crippen molar-refractivity contribution in [2.24, 2.45) is 0 Å². The van der Waals surface area contributed by atoms with Gasteiger partial charge in [0.25, 0.3) is 5.91 Å². The SMILES string of the molecule is COC(=O)[C@H](C)N(C)C(=O)c1ccc(Cl)c(F)c1O. The molecule has 0 heterocycles. The molecule has 1 rings (SSSR count). The Kier molecular flexibility index (Phi) is 4.72. The third-order valence-electron chi connectivity index (χ3n) is 2.74. The van der Waals surface area contributed by atoms with Crippen LogP contribution >= 0.6 is 11.6 Å². The number of benzene rings is 1. The summed E-state index contributed by atoms with van der Waals surface area (Å²) in [5.74, 6) is -3.26. The highest BCUT2D eigenvalue weighted by molar-refractivity contribution is 6.31. The van der Waals surface area contributed by atoms with Gasteiger partial charge in [-0.05, 0) is 19.1 Å². The number of hydrogen-bond donors (Lipinski definition) is 1. The fraction of sp³-hybridized carbons (Fsp3) is 0.333. The number of phenols is 1. The predicted octanol–water partition coefficient (Wildman–Crippen LogP) is 1.82. The number of ether oxygens (including phenoxy) is 1. The third-order valence-corrected chi connectivity index (χ3v) is 3.03. The van der Waals surface area contributed by atoms with Gasteiger partial charge in [0.05, 0.1) is 17.7 Å². The predicted molar refractivity (Wildman–Crippen MR) is 66.6 cm³/mol. The molecule has 0 spiro atoms. The molecule has 0 aliphatic heterocycles. The first-order valence-corrected chi connectivity index (χ1v) is 5.71. The average molecular weight is 290 g/mol. The molecule has 0 unspecified atom stereocenters. The number of halogens is 2. The summed E-state index contributed by atoms with van der Waals surface area (Å²) in [5.41, 5.74) is -0.278. The lowest BCUT2D eigenvalue weighted by atomic mass is 10.1. The van der Waals surface area contributed by atoms with Crippen molar-refractivity contribution >= 4 is 23.5 Å². The van der Waals surface area contributed by atoms with Gasteiger partial charge in [-0.25, -0.2) is 9.18 Å². The highest BCUT2D eigenvalue weighted by atomic mass is 35.5. The van der Waals surface area contributed by atoms with Gasteiger partial charge in [0.15, 0.2) is 11.6 Å². The van der Waals surface area contributed by atoms with Gasteiger partial charge in [-0.2, -0.15) is 0 Å². The molecule has 0 radical (unpaired) electrons. The molecule has 1 aromatic rings. The summed E-state index contributed by atoms with van der Waals surface area (Å²) in [6, 6.07) is 1.47. The summed E-state index contributed by atoms with van der Waals surface area (Å²) < 4.78 is 17.9. The maximum Gasteiger partial charge on any atom is 0.328 e. The lowest BCUT2D eigenvalue weighted by molar-refractivity contribution is -0.144. The summed E-state index contributed by atoms with van der Waals surface area (Å²) in [5, 5.41) is 9.26. The van der Waals surface area contributed by atoms with Crippen molar-refractivity contribution in [2.45, 2.75) is 13.0 Å². The number of phenolic OH excluding ortho intramolecular Hbond substituents is 1. The van der Waals surface area contributed by atoms with Crippen LogP contribution in [0.15, 0.2) is 12.1 Å². The molecule has 19 heavy (non-hydrogen) atoms. The van der Waals surface area contributed by atoms with Crippen molar-refractivity contribution in [3.63, 3.8) is 0 Å². The topological polar surface area (TPSA) is 66.8 Å². The van der Waals surface area contributed by atoms with Gasteiger partial charge < -0.3 is 14.7 Å². The van der Waals surface area contributed by atoms with E-state index in [4.69, 9.17) is 11.6 Å². The van der Waals surface area contributed by atoms with Crippen molar-refractivity contribution < 1.29 is 23.8 Å². The zero-order valence-electron chi connectivity index (χ0n) is 10.6. The molecule has 0 fully saturated rings. The summed E-state index contributed by atoms with van der Waals surface area (Å²) in [6.07, 6.45) is 0. The Morgan fingerprint density at radius 2 is 2.05 bits per heavy atom. The molecular weight excluding hydrogens is 277 g/mol. The maximum absolute atomic E-state index is 13.4. The van der Waals surface area contributed by atoms with Crippen molar-refractivity contribution in [3.8, 4) is 5.75 Å². The molecule has 1 N–H and O–H groups in total. The van der Waals surface area contributed by atoms with Gasteiger partial charge in [0.1, 0.15) is 6.04 Å². The Morgan fingerprint density at radius 3 is 2.58 bits per heavy atom. The number of carbonyl (C=O) groups is 2. The van der Waals surface area contributed by atoms with E-state index in [-0.39, 0.29) is 10.6 Å². The lowest BCUT2D eigenvalue weighted by Gasteiger charge is -2.23. The molecule has 1 aromatic carbocycles. The van der Waals surface area contributed by atoms with Gasteiger partial charge in [0.2, 0.25) is 0 Å². The summed E-state index contributed by atoms with van der Waals surface area (Å²) >= 11 is 5.47. The first-order valence-electron chi connectivity index (χ1n) is 5.33. The molecule has 1 amide bonds. The summed E-state index contributed by atoms with van der Waals surface area (Å²) in [4.78, 5) is 24.4. The van der Waals surface area contributed by atoms with Crippen LogP contribution in [-0.4, -0.2) is 42.1 Å². The average Bonchev–Trinajstić information content (AvgIpc) is 2.41. The van der Waals surface area contributed by atoms with Crippen LogP contribution in [0.2, 0.25) is 5.02 Å². The number of likely N-dealkylation sites (N-methyl/N-ethyl adjacent to an activating group) is 1. The van der Waals surface area contributed by atoms with Crippen LogP contribution in [-0.2, 0) is 9.53 Å². The van der Waals surface area contributed by atoms with Crippen LogP contribution in [0.4, 0.5) is 4.39 Å². The first-order chi connectivity index (χ1) is 8.81. The normalized spacial score (nSPS) is 11.8. The van der Waals surface area contributed by atoms with Gasteiger partial charge >= 0.3 is 5.97 Å². The van der Waals surface area contributed by atoms with Gasteiger partial charge in [-0.15, -0.1) is 0 Å². The number of hydrogen-bond acceptors (Lipinski definition) is 4. The Labute approximate surface area is 114 Å². The van der Waals surface area contributed by atoms with Gasteiger partial charge in [-0.1, -0.05) is 11.6 Å². The number of aromatic hydroxyl groups is 1. The van der Waals surface area contributed by atoms with E-state index in [0.29, 0.717) is 0 Å². The van der Waals surface area contributed by atoms with Gasteiger partial charge in [-0.3, -0.25) is 4.79 Å². The minimum absolute atomic E-state index is 0.278. The second-order valence-corrected chi connectivity index (χ2v) is 4.28. The van der Waals surface area contributed by atoms with Crippen LogP contribution < -0.4 is 0 Å². The zero-order chi connectivity index (χ0) is 14.7. The van der Waals surface area contributed by atoms with Crippen LogP contribution in [0, 0.1) is 5.82 Å². The van der Waals surface area contributed by atoms with E-state index in [9.17, 15) is 19.1 Å². The quantitative estimate of drug-likeness (QED) is 0.862. The monoisotopic (exact) mass is 289 g/mol. The molecule has 5 nitrogen and oxygen atoms in total. The number of rotatable bonds is 3. The number of nitrogens with zero attached hydrogens (tertiary/aromatic N) is 1. The van der Waals surface area contributed by atoms with Crippen molar-refractivity contribution in [3.05, 3.63) is 28.5 Å².